The Kier molecular flexibility index (Phi) is 3.05. The molecule has 48 valence electrons. The number of esters is 1. The zero-order valence-corrected chi connectivity index (χ0v) is 4.13. The van der Waals surface area contributed by atoms with Crippen LogP contribution in [0.5, 0.6) is 0 Å². The van der Waals surface area contributed by atoms with E-state index in [1.54, 1.807) is 0 Å². The lowest BCUT2D eigenvalue weighted by Crippen LogP contribution is -2.15. The molecule has 0 amide bonds. The third-order valence-corrected chi connectivity index (χ3v) is 0.343. The summed E-state index contributed by atoms with van der Waals surface area (Å²) in [6, 6.07) is 0. The van der Waals surface area contributed by atoms with E-state index in [0.717, 1.165) is 6.92 Å². The van der Waals surface area contributed by atoms with E-state index < -0.39 is 12.4 Å². The second kappa shape index (κ2) is 3.34. The van der Waals surface area contributed by atoms with Crippen LogP contribution in [-0.2, 0) is 14.5 Å². The van der Waals surface area contributed by atoms with Gasteiger partial charge in [-0.05, 0) is 4.53 Å². The fourth-order valence-corrected chi connectivity index (χ4v) is 0.160. The maximum absolute atomic E-state index is 10.7. The highest BCUT2D eigenvalue weighted by atomic mass is 19.3. The van der Waals surface area contributed by atoms with Crippen LogP contribution in [0.4, 0.5) is 4.53 Å². The zero-order valence-electron chi connectivity index (χ0n) is 4.13. The van der Waals surface area contributed by atoms with E-state index in [2.05, 4.69) is 9.68 Å². The van der Waals surface area contributed by atoms with Crippen molar-refractivity contribution in [3.63, 3.8) is 0 Å². The summed E-state index contributed by atoms with van der Waals surface area (Å²) in [6.07, 6.45) is 0. The quantitative estimate of drug-likeness (QED) is 0.406. The minimum Gasteiger partial charge on any atom is -0.408 e. The van der Waals surface area contributed by atoms with Gasteiger partial charge < -0.3 is 9.84 Å². The van der Waals surface area contributed by atoms with Crippen LogP contribution in [-0.4, -0.2) is 17.6 Å². The molecule has 5 heteroatoms. The lowest BCUT2D eigenvalue weighted by Gasteiger charge is -2.01. The lowest BCUT2D eigenvalue weighted by atomic mass is 10.8. The Bertz CT molecular complexity index is 83.4. The second-order valence-electron chi connectivity index (χ2n) is 1.01. The van der Waals surface area contributed by atoms with Gasteiger partial charge in [0.15, 0.2) is 0 Å². The third-order valence-electron chi connectivity index (χ3n) is 0.343. The number of ether oxygens (including phenoxy) is 1. The van der Waals surface area contributed by atoms with E-state index in [4.69, 9.17) is 5.11 Å². The smallest absolute Gasteiger partial charge is 0.349 e. The molecule has 0 saturated heterocycles. The highest BCUT2D eigenvalue weighted by Crippen LogP contribution is 1.88. The van der Waals surface area contributed by atoms with Crippen LogP contribution < -0.4 is 0 Å². The van der Waals surface area contributed by atoms with Gasteiger partial charge in [0.25, 0.3) is 0 Å². The van der Waals surface area contributed by atoms with Crippen molar-refractivity contribution in [2.45, 2.75) is 13.4 Å². The molecule has 0 heterocycles. The van der Waals surface area contributed by atoms with Crippen molar-refractivity contribution in [2.24, 2.45) is 0 Å². The minimum absolute atomic E-state index is 0.810. The predicted octanol–water partition coefficient (Wildman–Crippen LogP) is -0.274. The van der Waals surface area contributed by atoms with Gasteiger partial charge in [-0.15, -0.1) is 4.94 Å². The van der Waals surface area contributed by atoms with E-state index >= 15 is 0 Å². The van der Waals surface area contributed by atoms with Gasteiger partial charge in [0.2, 0.25) is 0 Å². The summed E-state index contributed by atoms with van der Waals surface area (Å²) in [5.41, 5.74) is 0. The Balaban J connectivity index is 3.24. The molecule has 4 nitrogen and oxygen atoms in total. The molecule has 0 saturated carbocycles. The van der Waals surface area contributed by atoms with Gasteiger partial charge in [-0.2, -0.15) is 0 Å². The fraction of sp³-hybridized carbons (Fsp3) is 0.667. The Morgan fingerprint density at radius 2 is 2.38 bits per heavy atom. The van der Waals surface area contributed by atoms with Crippen LogP contribution in [0.15, 0.2) is 0 Å². The topological polar surface area (TPSA) is 55.8 Å². The van der Waals surface area contributed by atoms with E-state index in [0.29, 0.717) is 0 Å². The van der Waals surface area contributed by atoms with Crippen LogP contribution in [0.25, 0.3) is 0 Å². The number of hydrogen-bond donors (Lipinski definition) is 1. The maximum atomic E-state index is 10.7. The summed E-state index contributed by atoms with van der Waals surface area (Å²) >= 11 is 0. The molecule has 0 spiro atoms. The highest BCUT2D eigenvalue weighted by molar-refractivity contribution is 5.65. The first-order valence-corrected chi connectivity index (χ1v) is 1.79. The summed E-state index contributed by atoms with van der Waals surface area (Å²) in [5.74, 6) is -0.810. The first kappa shape index (κ1) is 7.32. The van der Waals surface area contributed by atoms with E-state index in [-0.39, 0.29) is 0 Å². The zero-order chi connectivity index (χ0) is 6.57. The lowest BCUT2D eigenvalue weighted by molar-refractivity contribution is -0.344. The number of aliphatic hydroxyl groups excluding tert-OH is 1. The first-order valence-electron chi connectivity index (χ1n) is 1.79. The van der Waals surface area contributed by atoms with Crippen molar-refractivity contribution < 1.29 is 24.1 Å². The van der Waals surface area contributed by atoms with Gasteiger partial charge in [0.1, 0.15) is 0 Å². The normalized spacial score (nSPS) is 12.9. The van der Waals surface area contributed by atoms with Crippen molar-refractivity contribution >= 4 is 5.97 Å². The first-order chi connectivity index (χ1) is 3.66. The third kappa shape index (κ3) is 3.51. The molecule has 0 aromatic rings. The molecule has 1 atom stereocenters. The van der Waals surface area contributed by atoms with Gasteiger partial charge >= 0.3 is 12.4 Å². The largest absolute Gasteiger partial charge is 0.408 e. The molecule has 0 bridgehead atoms. The van der Waals surface area contributed by atoms with E-state index in [1.165, 1.54) is 0 Å². The molecule has 8 heavy (non-hydrogen) atoms. The number of carbonyl (C=O) groups is 1. The molecular weight excluding hydrogens is 119 g/mol. The fourth-order valence-electron chi connectivity index (χ4n) is 0.160. The predicted molar refractivity (Wildman–Crippen MR) is 20.0 cm³/mol. The number of halogens is 1. The average Bonchev–Trinajstić information content (AvgIpc) is 1.65. The number of carbonyl (C=O) groups excluding carboxylic acids is 1. The Morgan fingerprint density at radius 1 is 1.88 bits per heavy atom. The molecule has 1 N–H and O–H groups in total. The molecule has 0 aromatic carbocycles. The van der Waals surface area contributed by atoms with Crippen molar-refractivity contribution in [3.8, 4) is 0 Å². The molecule has 0 aromatic heterocycles. The Hall–Kier alpha value is -0.680. The van der Waals surface area contributed by atoms with E-state index in [9.17, 15) is 9.32 Å². The molecule has 0 aliphatic rings. The highest BCUT2D eigenvalue weighted by Gasteiger charge is 2.05. The maximum Gasteiger partial charge on any atom is 0.349 e. The van der Waals surface area contributed by atoms with Gasteiger partial charge in [-0.3, -0.25) is 4.79 Å². The SMILES string of the molecule is CC(=O)OC(O)OF. The molecule has 0 aliphatic heterocycles. The van der Waals surface area contributed by atoms with Gasteiger partial charge in [0.05, 0.1) is 0 Å². The molecule has 0 radical (unpaired) electrons. The average molecular weight is 124 g/mol. The van der Waals surface area contributed by atoms with Crippen molar-refractivity contribution in [2.75, 3.05) is 0 Å². The summed E-state index contributed by atoms with van der Waals surface area (Å²) in [6.45, 7) is -1.07. The molecule has 0 rings (SSSR count). The van der Waals surface area contributed by atoms with Crippen LogP contribution >= 0.6 is 0 Å². The van der Waals surface area contributed by atoms with Gasteiger partial charge in [-0.1, -0.05) is 0 Å². The number of rotatable bonds is 2. The Morgan fingerprint density at radius 3 is 2.50 bits per heavy atom. The van der Waals surface area contributed by atoms with Gasteiger partial charge in [0, 0.05) is 6.92 Å². The van der Waals surface area contributed by atoms with Crippen LogP contribution in [0, 0.1) is 0 Å². The van der Waals surface area contributed by atoms with Crippen molar-refractivity contribution in [1.29, 1.82) is 0 Å². The monoisotopic (exact) mass is 124 g/mol. The van der Waals surface area contributed by atoms with Crippen LogP contribution in [0.1, 0.15) is 6.92 Å². The summed E-state index contributed by atoms with van der Waals surface area (Å²) in [5, 5.41) is 7.99. The van der Waals surface area contributed by atoms with Crippen LogP contribution in [0.2, 0.25) is 0 Å². The minimum atomic E-state index is -2.09. The number of aliphatic hydroxyl groups is 1. The molecular formula is C3H5FO4. The second-order valence-corrected chi connectivity index (χ2v) is 1.01. The molecule has 1 unspecified atom stereocenters. The van der Waals surface area contributed by atoms with Gasteiger partial charge in [-0.25, -0.2) is 0 Å². The van der Waals surface area contributed by atoms with E-state index in [1.807, 2.05) is 0 Å². The standard InChI is InChI=1S/C3H5FO4/c1-2(5)7-3(6)8-4/h3,6H,1H3. The van der Waals surface area contributed by atoms with Crippen LogP contribution in [0.3, 0.4) is 0 Å². The van der Waals surface area contributed by atoms with Crippen molar-refractivity contribution in [1.82, 2.24) is 0 Å². The number of hydrogen-bond acceptors (Lipinski definition) is 4. The van der Waals surface area contributed by atoms with Crippen molar-refractivity contribution in [3.05, 3.63) is 0 Å². The summed E-state index contributed by atoms with van der Waals surface area (Å²) in [4.78, 5) is 12.5. The summed E-state index contributed by atoms with van der Waals surface area (Å²) in [7, 11) is 0. The molecule has 0 fully saturated rings. The summed E-state index contributed by atoms with van der Waals surface area (Å²) < 4.78 is 14.4. The Labute approximate surface area is 44.7 Å². The molecule has 0 aliphatic carbocycles.